The predicted molar refractivity (Wildman–Crippen MR) is 124 cm³/mol. The van der Waals surface area contributed by atoms with Gasteiger partial charge in [-0.3, -0.25) is 4.79 Å². The molecule has 0 aromatic rings. The molecular weight excluding hydrogens is 368 g/mol. The number of ether oxygens (including phenoxy) is 1. The van der Waals surface area contributed by atoms with Crippen LogP contribution in [0.5, 0.6) is 0 Å². The average molecular weight is 417 g/mol. The average Bonchev–Trinajstić information content (AvgIpc) is 3.03. The van der Waals surface area contributed by atoms with Crippen molar-refractivity contribution in [1.82, 2.24) is 0 Å². The Morgan fingerprint density at radius 2 is 1.60 bits per heavy atom. The molecule has 4 aliphatic carbocycles. The van der Waals surface area contributed by atoms with E-state index in [2.05, 4.69) is 34.6 Å². The Balaban J connectivity index is 1.46. The van der Waals surface area contributed by atoms with Gasteiger partial charge in [-0.25, -0.2) is 0 Å². The molecule has 0 saturated heterocycles. The Hall–Kier alpha value is -0.530. The highest BCUT2D eigenvalue weighted by atomic mass is 16.5. The zero-order valence-electron chi connectivity index (χ0n) is 20.7. The van der Waals surface area contributed by atoms with Crippen LogP contribution < -0.4 is 0 Å². The smallest absolute Gasteiger partial charge is 0.302 e. The van der Waals surface area contributed by atoms with Crippen LogP contribution in [0.15, 0.2) is 0 Å². The van der Waals surface area contributed by atoms with Gasteiger partial charge in [0.05, 0.1) is 0 Å². The lowest BCUT2D eigenvalue weighted by atomic mass is 9.44. The van der Waals surface area contributed by atoms with Crippen LogP contribution in [-0.4, -0.2) is 12.1 Å². The number of esters is 1. The fourth-order valence-corrected chi connectivity index (χ4v) is 9.33. The van der Waals surface area contributed by atoms with Crippen LogP contribution in [0.3, 0.4) is 0 Å². The number of fused-ring (bicyclic) bond motifs is 5. The SMILES string of the molecule is CC(=O)O[C@@H]1CC[C@]2(C)[C@@H](CC[C@@H]3[C@H]2CC[C@]2(C)[C@@H]([C@H](C)CCC(C)C)CC[C@@H]32)C1. The van der Waals surface area contributed by atoms with Gasteiger partial charge in [-0.15, -0.1) is 0 Å². The standard InChI is InChI=1S/C28H48O2/c1-18(2)7-8-19(3)24-11-12-25-23-10-9-21-17-22(30-20(4)29)13-15-27(21,5)26(23)14-16-28(24,25)6/h18-19,21-26H,7-17H2,1-6H3/t19-,21+,22-,23+,24-,25+,26-,27-,28-/m1/s1. The van der Waals surface area contributed by atoms with Crippen LogP contribution in [0.1, 0.15) is 112 Å². The molecule has 0 aromatic heterocycles. The molecule has 4 rings (SSSR count). The monoisotopic (exact) mass is 416 g/mol. The van der Waals surface area contributed by atoms with E-state index in [9.17, 15) is 4.79 Å². The van der Waals surface area contributed by atoms with Crippen LogP contribution in [0, 0.1) is 52.3 Å². The molecule has 4 aliphatic rings. The summed E-state index contributed by atoms with van der Waals surface area (Å²) in [5.74, 6) is 6.20. The van der Waals surface area contributed by atoms with Crippen molar-refractivity contribution in [3.63, 3.8) is 0 Å². The van der Waals surface area contributed by atoms with E-state index < -0.39 is 0 Å². The molecule has 0 N–H and O–H groups in total. The molecule has 0 bridgehead atoms. The molecule has 2 heteroatoms. The minimum absolute atomic E-state index is 0.0886. The number of carbonyl (C=O) groups excluding carboxylic acids is 1. The van der Waals surface area contributed by atoms with Crippen molar-refractivity contribution >= 4 is 5.97 Å². The van der Waals surface area contributed by atoms with Gasteiger partial charge in [0.25, 0.3) is 0 Å². The summed E-state index contributed by atoms with van der Waals surface area (Å²) in [6.45, 7) is 14.2. The maximum atomic E-state index is 11.5. The third-order valence-corrected chi connectivity index (χ3v) is 10.9. The highest BCUT2D eigenvalue weighted by Gasteiger charge is 2.60. The van der Waals surface area contributed by atoms with E-state index in [1.54, 1.807) is 6.92 Å². The van der Waals surface area contributed by atoms with Gasteiger partial charge < -0.3 is 4.74 Å². The van der Waals surface area contributed by atoms with Crippen molar-refractivity contribution in [3.8, 4) is 0 Å². The van der Waals surface area contributed by atoms with E-state index in [0.29, 0.717) is 10.8 Å². The van der Waals surface area contributed by atoms with Crippen LogP contribution in [-0.2, 0) is 9.53 Å². The van der Waals surface area contributed by atoms with Crippen molar-refractivity contribution in [3.05, 3.63) is 0 Å². The zero-order valence-corrected chi connectivity index (χ0v) is 20.7. The Morgan fingerprint density at radius 1 is 0.900 bits per heavy atom. The Kier molecular flexibility index (Phi) is 6.37. The van der Waals surface area contributed by atoms with E-state index in [-0.39, 0.29) is 12.1 Å². The first-order valence-electron chi connectivity index (χ1n) is 13.3. The minimum Gasteiger partial charge on any atom is -0.463 e. The zero-order chi connectivity index (χ0) is 21.7. The van der Waals surface area contributed by atoms with Crippen LogP contribution in [0.4, 0.5) is 0 Å². The second-order valence-corrected chi connectivity index (χ2v) is 12.8. The summed E-state index contributed by atoms with van der Waals surface area (Å²) in [7, 11) is 0. The highest BCUT2D eigenvalue weighted by molar-refractivity contribution is 5.66. The third-order valence-electron chi connectivity index (χ3n) is 10.9. The lowest BCUT2D eigenvalue weighted by Crippen LogP contribution is -2.54. The summed E-state index contributed by atoms with van der Waals surface area (Å²) in [6.07, 6.45) is 15.2. The van der Waals surface area contributed by atoms with Gasteiger partial charge >= 0.3 is 5.97 Å². The van der Waals surface area contributed by atoms with Gasteiger partial charge in [0.15, 0.2) is 0 Å². The van der Waals surface area contributed by atoms with Crippen molar-refractivity contribution in [2.75, 3.05) is 0 Å². The van der Waals surface area contributed by atoms with E-state index in [1.165, 1.54) is 57.8 Å². The summed E-state index contributed by atoms with van der Waals surface area (Å²) >= 11 is 0. The molecule has 0 radical (unpaired) electrons. The molecule has 9 atom stereocenters. The molecule has 0 amide bonds. The molecule has 2 nitrogen and oxygen atoms in total. The molecule has 4 saturated carbocycles. The number of carbonyl (C=O) groups is 1. The lowest BCUT2D eigenvalue weighted by molar-refractivity contribution is -0.160. The van der Waals surface area contributed by atoms with Gasteiger partial charge in [0.1, 0.15) is 6.10 Å². The summed E-state index contributed by atoms with van der Waals surface area (Å²) < 4.78 is 5.65. The van der Waals surface area contributed by atoms with Crippen molar-refractivity contribution in [2.45, 2.75) is 118 Å². The highest BCUT2D eigenvalue weighted by Crippen LogP contribution is 2.68. The minimum atomic E-state index is -0.0886. The maximum absolute atomic E-state index is 11.5. The Bertz CT molecular complexity index is 626. The first kappa shape index (κ1) is 22.7. The van der Waals surface area contributed by atoms with Gasteiger partial charge in [0, 0.05) is 6.92 Å². The van der Waals surface area contributed by atoms with Gasteiger partial charge in [-0.1, -0.05) is 47.5 Å². The molecule has 0 aliphatic heterocycles. The second-order valence-electron chi connectivity index (χ2n) is 12.8. The van der Waals surface area contributed by atoms with Crippen LogP contribution >= 0.6 is 0 Å². The fourth-order valence-electron chi connectivity index (χ4n) is 9.33. The largest absolute Gasteiger partial charge is 0.463 e. The molecular formula is C28H48O2. The summed E-state index contributed by atoms with van der Waals surface area (Å²) in [6, 6.07) is 0. The Labute approximate surface area is 186 Å². The first-order chi connectivity index (χ1) is 14.1. The van der Waals surface area contributed by atoms with E-state index in [4.69, 9.17) is 4.74 Å². The number of hydrogen-bond acceptors (Lipinski definition) is 2. The molecule has 0 unspecified atom stereocenters. The second kappa shape index (κ2) is 8.43. The van der Waals surface area contributed by atoms with Gasteiger partial charge in [0.2, 0.25) is 0 Å². The maximum Gasteiger partial charge on any atom is 0.302 e. The molecule has 172 valence electrons. The van der Waals surface area contributed by atoms with Gasteiger partial charge in [-0.05, 0) is 110 Å². The first-order valence-corrected chi connectivity index (χ1v) is 13.3. The third kappa shape index (κ3) is 3.88. The van der Waals surface area contributed by atoms with E-state index in [1.807, 2.05) is 0 Å². The lowest BCUT2D eigenvalue weighted by Gasteiger charge is -2.61. The predicted octanol–water partition coefficient (Wildman–Crippen LogP) is 7.65. The number of hydrogen-bond donors (Lipinski definition) is 0. The van der Waals surface area contributed by atoms with E-state index >= 15 is 0 Å². The molecule has 30 heavy (non-hydrogen) atoms. The van der Waals surface area contributed by atoms with E-state index in [0.717, 1.165) is 54.3 Å². The fraction of sp³-hybridized carbons (Fsp3) is 0.964. The van der Waals surface area contributed by atoms with Crippen molar-refractivity contribution in [1.29, 1.82) is 0 Å². The molecule has 0 spiro atoms. The Morgan fingerprint density at radius 3 is 2.30 bits per heavy atom. The number of rotatable bonds is 5. The quantitative estimate of drug-likeness (QED) is 0.430. The van der Waals surface area contributed by atoms with Crippen LogP contribution in [0.2, 0.25) is 0 Å². The summed E-state index contributed by atoms with van der Waals surface area (Å²) in [5.41, 5.74) is 1.08. The van der Waals surface area contributed by atoms with Crippen LogP contribution in [0.25, 0.3) is 0 Å². The molecule has 0 aromatic carbocycles. The van der Waals surface area contributed by atoms with Gasteiger partial charge in [-0.2, -0.15) is 0 Å². The topological polar surface area (TPSA) is 26.3 Å². The summed E-state index contributed by atoms with van der Waals surface area (Å²) in [4.78, 5) is 11.5. The van der Waals surface area contributed by atoms with Crippen molar-refractivity contribution in [2.24, 2.45) is 52.3 Å². The molecule has 0 heterocycles. The normalized spacial score (nSPS) is 46.6. The molecule has 4 fully saturated rings. The summed E-state index contributed by atoms with van der Waals surface area (Å²) in [5, 5.41) is 0. The van der Waals surface area contributed by atoms with Crippen molar-refractivity contribution < 1.29 is 9.53 Å².